The van der Waals surface area contributed by atoms with Crippen LogP contribution in [-0.2, 0) is 4.74 Å². The van der Waals surface area contributed by atoms with Gasteiger partial charge in [-0.2, -0.15) is 5.10 Å². The highest BCUT2D eigenvalue weighted by Crippen LogP contribution is 2.33. The molecule has 178 valence electrons. The van der Waals surface area contributed by atoms with Gasteiger partial charge in [0.25, 0.3) is 5.91 Å². The highest BCUT2D eigenvalue weighted by atomic mass is 35.5. The fraction of sp³-hybridized carbons (Fsp3) is 0.346. The molecule has 3 aromatic rings. The summed E-state index contributed by atoms with van der Waals surface area (Å²) in [4.78, 5) is 27.5. The first-order valence-corrected chi connectivity index (χ1v) is 11.8. The van der Waals surface area contributed by atoms with Gasteiger partial charge in [0.1, 0.15) is 5.60 Å². The van der Waals surface area contributed by atoms with E-state index in [1.54, 1.807) is 35.4 Å². The fourth-order valence-electron chi connectivity index (χ4n) is 4.09. The molecule has 0 atom stereocenters. The summed E-state index contributed by atoms with van der Waals surface area (Å²) in [7, 11) is 0. The minimum Gasteiger partial charge on any atom is -0.444 e. The Kier molecular flexibility index (Phi) is 6.93. The molecule has 4 rings (SSSR count). The second kappa shape index (κ2) is 9.89. The van der Waals surface area contributed by atoms with Gasteiger partial charge in [0.15, 0.2) is 0 Å². The van der Waals surface area contributed by atoms with Crippen molar-refractivity contribution in [3.8, 4) is 5.69 Å². The maximum Gasteiger partial charge on any atom is 0.410 e. The van der Waals surface area contributed by atoms with E-state index in [1.165, 1.54) is 0 Å². The number of carbonyl (C=O) groups is 2. The number of halogens is 1. The lowest BCUT2D eigenvalue weighted by Crippen LogP contribution is -2.41. The molecule has 0 aliphatic carbocycles. The van der Waals surface area contributed by atoms with E-state index >= 15 is 0 Å². The van der Waals surface area contributed by atoms with Crippen LogP contribution >= 0.6 is 11.6 Å². The first-order chi connectivity index (χ1) is 16.2. The van der Waals surface area contributed by atoms with Gasteiger partial charge in [0.05, 0.1) is 23.1 Å². The zero-order valence-electron chi connectivity index (χ0n) is 19.6. The molecule has 1 aliphatic heterocycles. The Bertz CT molecular complexity index is 1150. The highest BCUT2D eigenvalue weighted by Gasteiger charge is 2.32. The maximum absolute atomic E-state index is 13.3. The third-order valence-electron chi connectivity index (χ3n) is 5.69. The van der Waals surface area contributed by atoms with Crippen LogP contribution in [0.2, 0.25) is 5.02 Å². The van der Waals surface area contributed by atoms with Crippen LogP contribution in [0.1, 0.15) is 55.6 Å². The predicted molar refractivity (Wildman–Crippen MR) is 133 cm³/mol. The number of hydrogen-bond donors (Lipinski definition) is 1. The van der Waals surface area contributed by atoms with Crippen molar-refractivity contribution in [2.24, 2.45) is 0 Å². The molecule has 1 saturated heterocycles. The zero-order valence-corrected chi connectivity index (χ0v) is 20.4. The SMILES string of the molecule is CC(C)(C)OC(=O)N1CCC(c2c(C(=O)Nc3ccc(Cl)cc3)cnn2-c2ccccc2)CC1. The molecule has 0 saturated carbocycles. The quantitative estimate of drug-likeness (QED) is 0.505. The van der Waals surface area contributed by atoms with Gasteiger partial charge < -0.3 is 15.0 Å². The second-order valence-corrected chi connectivity index (χ2v) is 9.83. The van der Waals surface area contributed by atoms with Crippen LogP contribution in [0.4, 0.5) is 10.5 Å². The Morgan fingerprint density at radius 1 is 1.03 bits per heavy atom. The number of piperidine rings is 1. The number of rotatable bonds is 4. The summed E-state index contributed by atoms with van der Waals surface area (Å²) in [6.07, 6.45) is 2.73. The summed E-state index contributed by atoms with van der Waals surface area (Å²) in [5, 5.41) is 8.12. The number of carbonyl (C=O) groups excluding carboxylic acids is 2. The van der Waals surface area contributed by atoms with Crippen LogP contribution in [-0.4, -0.2) is 45.4 Å². The lowest BCUT2D eigenvalue weighted by atomic mass is 9.90. The van der Waals surface area contributed by atoms with Gasteiger partial charge >= 0.3 is 6.09 Å². The van der Waals surface area contributed by atoms with Crippen molar-refractivity contribution >= 4 is 29.3 Å². The summed E-state index contributed by atoms with van der Waals surface area (Å²) in [6.45, 7) is 6.69. The average Bonchev–Trinajstić information content (AvgIpc) is 3.25. The lowest BCUT2D eigenvalue weighted by Gasteiger charge is -2.34. The molecule has 0 unspecified atom stereocenters. The van der Waals surface area contributed by atoms with Gasteiger partial charge in [0.2, 0.25) is 0 Å². The van der Waals surface area contributed by atoms with E-state index in [-0.39, 0.29) is 17.9 Å². The fourth-order valence-corrected chi connectivity index (χ4v) is 4.22. The van der Waals surface area contributed by atoms with Gasteiger partial charge in [-0.25, -0.2) is 9.48 Å². The lowest BCUT2D eigenvalue weighted by molar-refractivity contribution is 0.0203. The van der Waals surface area contributed by atoms with Gasteiger partial charge in [-0.1, -0.05) is 29.8 Å². The standard InChI is InChI=1S/C26H29ClN4O3/c1-26(2,3)34-25(33)30-15-13-18(14-16-30)23-22(17-28-31(23)21-7-5-4-6-8-21)24(32)29-20-11-9-19(27)10-12-20/h4-12,17-18H,13-16H2,1-3H3,(H,29,32). The molecule has 2 heterocycles. The van der Waals surface area contributed by atoms with Crippen LogP contribution in [0.25, 0.3) is 5.69 Å². The number of hydrogen-bond acceptors (Lipinski definition) is 4. The number of nitrogens with zero attached hydrogens (tertiary/aromatic N) is 3. The molecular weight excluding hydrogens is 452 g/mol. The monoisotopic (exact) mass is 480 g/mol. The van der Waals surface area contributed by atoms with E-state index in [0.29, 0.717) is 42.2 Å². The first kappa shape index (κ1) is 23.8. The number of anilines is 1. The van der Waals surface area contributed by atoms with Gasteiger partial charge in [-0.05, 0) is 70.0 Å². The number of para-hydroxylation sites is 1. The van der Waals surface area contributed by atoms with E-state index in [0.717, 1.165) is 11.4 Å². The number of aromatic nitrogens is 2. The largest absolute Gasteiger partial charge is 0.444 e. The van der Waals surface area contributed by atoms with Crippen molar-refractivity contribution in [1.82, 2.24) is 14.7 Å². The summed E-state index contributed by atoms with van der Waals surface area (Å²) < 4.78 is 7.37. The van der Waals surface area contributed by atoms with Crippen molar-refractivity contribution < 1.29 is 14.3 Å². The Morgan fingerprint density at radius 2 is 1.68 bits per heavy atom. The number of ether oxygens (including phenoxy) is 1. The summed E-state index contributed by atoms with van der Waals surface area (Å²) in [5.74, 6) is -0.165. The molecule has 34 heavy (non-hydrogen) atoms. The molecule has 2 aromatic carbocycles. The summed E-state index contributed by atoms with van der Waals surface area (Å²) in [6, 6.07) is 16.8. The molecule has 0 radical (unpaired) electrons. The van der Waals surface area contributed by atoms with Gasteiger partial charge in [-0.15, -0.1) is 0 Å². The zero-order chi connectivity index (χ0) is 24.3. The molecule has 1 aliphatic rings. The molecule has 1 N–H and O–H groups in total. The Morgan fingerprint density at radius 3 is 2.29 bits per heavy atom. The highest BCUT2D eigenvalue weighted by molar-refractivity contribution is 6.30. The van der Waals surface area contributed by atoms with E-state index in [2.05, 4.69) is 10.4 Å². The third kappa shape index (κ3) is 5.59. The molecular formula is C26H29ClN4O3. The molecule has 8 heteroatoms. The number of likely N-dealkylation sites (tertiary alicyclic amines) is 1. The molecule has 1 aromatic heterocycles. The van der Waals surface area contributed by atoms with Crippen molar-refractivity contribution in [3.63, 3.8) is 0 Å². The van der Waals surface area contributed by atoms with Crippen LogP contribution in [0.5, 0.6) is 0 Å². The van der Waals surface area contributed by atoms with E-state index in [4.69, 9.17) is 16.3 Å². The number of nitrogens with one attached hydrogen (secondary N) is 1. The topological polar surface area (TPSA) is 76.5 Å². The smallest absolute Gasteiger partial charge is 0.410 e. The normalized spacial score (nSPS) is 14.6. The molecule has 0 spiro atoms. The van der Waals surface area contributed by atoms with E-state index in [1.807, 2.05) is 55.8 Å². The van der Waals surface area contributed by atoms with Gasteiger partial charge in [-0.3, -0.25) is 4.79 Å². The Balaban J connectivity index is 1.59. The average molecular weight is 481 g/mol. The summed E-state index contributed by atoms with van der Waals surface area (Å²) in [5.41, 5.74) is 2.38. The second-order valence-electron chi connectivity index (χ2n) is 9.39. The van der Waals surface area contributed by atoms with Crippen LogP contribution in [0.3, 0.4) is 0 Å². The van der Waals surface area contributed by atoms with Crippen LogP contribution < -0.4 is 5.32 Å². The molecule has 0 bridgehead atoms. The van der Waals surface area contributed by atoms with Crippen molar-refractivity contribution in [1.29, 1.82) is 0 Å². The van der Waals surface area contributed by atoms with E-state index < -0.39 is 5.60 Å². The predicted octanol–water partition coefficient (Wildman–Crippen LogP) is 5.89. The Labute approximate surface area is 204 Å². The number of benzene rings is 2. The van der Waals surface area contributed by atoms with Crippen molar-refractivity contribution in [2.75, 3.05) is 18.4 Å². The molecule has 1 fully saturated rings. The van der Waals surface area contributed by atoms with Crippen molar-refractivity contribution in [2.45, 2.75) is 45.1 Å². The van der Waals surface area contributed by atoms with E-state index in [9.17, 15) is 9.59 Å². The molecule has 2 amide bonds. The van der Waals surface area contributed by atoms with Crippen molar-refractivity contribution in [3.05, 3.63) is 77.1 Å². The summed E-state index contributed by atoms with van der Waals surface area (Å²) >= 11 is 5.97. The molecule has 7 nitrogen and oxygen atoms in total. The van der Waals surface area contributed by atoms with Gasteiger partial charge in [0, 0.05) is 29.7 Å². The Hall–Kier alpha value is -3.32. The maximum atomic E-state index is 13.3. The minimum atomic E-state index is -0.535. The first-order valence-electron chi connectivity index (χ1n) is 11.4. The third-order valence-corrected chi connectivity index (χ3v) is 5.94. The minimum absolute atomic E-state index is 0.0624. The van der Waals surface area contributed by atoms with Crippen LogP contribution in [0, 0.1) is 0 Å². The number of amides is 2. The van der Waals surface area contributed by atoms with Crippen LogP contribution in [0.15, 0.2) is 60.8 Å².